The Kier molecular flexibility index (Phi) is 2.46. The molecule has 0 unspecified atom stereocenters. The summed E-state index contributed by atoms with van der Waals surface area (Å²) in [6, 6.07) is 0. The van der Waals surface area contributed by atoms with Gasteiger partial charge < -0.3 is 9.64 Å². The van der Waals surface area contributed by atoms with E-state index in [2.05, 4.69) is 30.8 Å². The lowest BCUT2D eigenvalue weighted by molar-refractivity contribution is 0.0778. The highest BCUT2D eigenvalue weighted by Gasteiger charge is 2.28. The standard InChI is InChI=1S/C8H10BrN3O/c1-13-7-4-12(5-7)8-10-2-6(9)3-11-8/h2-3,7H,4-5H2,1H3. The van der Waals surface area contributed by atoms with Crippen LogP contribution in [0.25, 0.3) is 0 Å². The highest BCUT2D eigenvalue weighted by Crippen LogP contribution is 2.18. The van der Waals surface area contributed by atoms with Crippen LogP contribution in [0.2, 0.25) is 0 Å². The molecule has 1 saturated heterocycles. The molecule has 0 spiro atoms. The van der Waals surface area contributed by atoms with Crippen LogP contribution >= 0.6 is 15.9 Å². The van der Waals surface area contributed by atoms with Crippen molar-refractivity contribution in [2.75, 3.05) is 25.1 Å². The van der Waals surface area contributed by atoms with E-state index in [0.717, 1.165) is 23.5 Å². The summed E-state index contributed by atoms with van der Waals surface area (Å²) in [5.41, 5.74) is 0. The van der Waals surface area contributed by atoms with E-state index in [-0.39, 0.29) is 0 Å². The molecule has 1 aliphatic heterocycles. The summed E-state index contributed by atoms with van der Waals surface area (Å²) in [5.74, 6) is 0.775. The third kappa shape index (κ3) is 1.81. The topological polar surface area (TPSA) is 38.2 Å². The zero-order chi connectivity index (χ0) is 9.26. The molecule has 0 atom stereocenters. The van der Waals surface area contributed by atoms with Crippen molar-refractivity contribution in [3.8, 4) is 0 Å². The fraction of sp³-hybridized carbons (Fsp3) is 0.500. The molecule has 1 aliphatic rings. The Morgan fingerprint density at radius 1 is 1.46 bits per heavy atom. The molecule has 13 heavy (non-hydrogen) atoms. The average Bonchev–Trinajstić information content (AvgIpc) is 2.06. The summed E-state index contributed by atoms with van der Waals surface area (Å²) in [5, 5.41) is 0. The van der Waals surface area contributed by atoms with Crippen molar-refractivity contribution in [2.24, 2.45) is 0 Å². The second kappa shape index (κ2) is 3.59. The Hall–Kier alpha value is -0.680. The van der Waals surface area contributed by atoms with Crippen molar-refractivity contribution in [2.45, 2.75) is 6.10 Å². The van der Waals surface area contributed by atoms with Gasteiger partial charge in [-0.25, -0.2) is 9.97 Å². The Morgan fingerprint density at radius 3 is 2.62 bits per heavy atom. The Bertz CT molecular complexity index is 284. The third-order valence-electron chi connectivity index (χ3n) is 2.07. The predicted octanol–water partition coefficient (Wildman–Crippen LogP) is 1.07. The molecule has 1 fully saturated rings. The van der Waals surface area contributed by atoms with Crippen molar-refractivity contribution >= 4 is 21.9 Å². The normalized spacial score (nSPS) is 17.2. The number of methoxy groups -OCH3 is 1. The number of aromatic nitrogens is 2. The van der Waals surface area contributed by atoms with Crippen LogP contribution in [0.5, 0.6) is 0 Å². The highest BCUT2D eigenvalue weighted by molar-refractivity contribution is 9.10. The molecule has 70 valence electrons. The van der Waals surface area contributed by atoms with E-state index in [0.29, 0.717) is 6.10 Å². The molecule has 0 aromatic carbocycles. The van der Waals surface area contributed by atoms with Crippen LogP contribution in [-0.2, 0) is 4.74 Å². The van der Waals surface area contributed by atoms with Gasteiger partial charge in [-0.3, -0.25) is 0 Å². The van der Waals surface area contributed by atoms with Gasteiger partial charge in [-0.1, -0.05) is 0 Å². The van der Waals surface area contributed by atoms with Crippen molar-refractivity contribution < 1.29 is 4.74 Å². The maximum atomic E-state index is 5.16. The van der Waals surface area contributed by atoms with Crippen LogP contribution in [0, 0.1) is 0 Å². The molecule has 0 amide bonds. The third-order valence-corrected chi connectivity index (χ3v) is 2.48. The lowest BCUT2D eigenvalue weighted by Crippen LogP contribution is -2.52. The van der Waals surface area contributed by atoms with Crippen LogP contribution in [0.15, 0.2) is 16.9 Å². The Morgan fingerprint density at radius 2 is 2.08 bits per heavy atom. The molecule has 0 bridgehead atoms. The summed E-state index contributed by atoms with van der Waals surface area (Å²) in [6.07, 6.45) is 3.84. The van der Waals surface area contributed by atoms with Crippen LogP contribution in [-0.4, -0.2) is 36.3 Å². The molecule has 4 nitrogen and oxygen atoms in total. The van der Waals surface area contributed by atoms with E-state index in [1.807, 2.05) is 0 Å². The van der Waals surface area contributed by atoms with Gasteiger partial charge in [-0.2, -0.15) is 0 Å². The van der Waals surface area contributed by atoms with Gasteiger partial charge >= 0.3 is 0 Å². The monoisotopic (exact) mass is 243 g/mol. The van der Waals surface area contributed by atoms with Gasteiger partial charge in [0, 0.05) is 32.6 Å². The first-order valence-electron chi connectivity index (χ1n) is 4.05. The number of nitrogens with zero attached hydrogens (tertiary/aromatic N) is 3. The second-order valence-corrected chi connectivity index (χ2v) is 3.88. The molecule has 1 aromatic heterocycles. The summed E-state index contributed by atoms with van der Waals surface area (Å²) >= 11 is 3.29. The largest absolute Gasteiger partial charge is 0.378 e. The number of hydrogen-bond acceptors (Lipinski definition) is 4. The summed E-state index contributed by atoms with van der Waals surface area (Å²) in [4.78, 5) is 10.4. The van der Waals surface area contributed by atoms with Crippen molar-refractivity contribution in [1.29, 1.82) is 0 Å². The fourth-order valence-electron chi connectivity index (χ4n) is 1.22. The average molecular weight is 244 g/mol. The van der Waals surface area contributed by atoms with Crippen molar-refractivity contribution in [1.82, 2.24) is 9.97 Å². The minimum absolute atomic E-state index is 0.340. The van der Waals surface area contributed by atoms with Gasteiger partial charge in [-0.05, 0) is 15.9 Å². The molecule has 0 aliphatic carbocycles. The van der Waals surface area contributed by atoms with E-state index in [1.165, 1.54) is 0 Å². The number of hydrogen-bond donors (Lipinski definition) is 0. The zero-order valence-electron chi connectivity index (χ0n) is 7.27. The van der Waals surface area contributed by atoms with E-state index in [9.17, 15) is 0 Å². The van der Waals surface area contributed by atoms with E-state index < -0.39 is 0 Å². The molecule has 5 heteroatoms. The maximum absolute atomic E-state index is 5.16. The van der Waals surface area contributed by atoms with E-state index in [1.54, 1.807) is 19.5 Å². The molecule has 1 aromatic rings. The zero-order valence-corrected chi connectivity index (χ0v) is 8.86. The molecule has 2 heterocycles. The second-order valence-electron chi connectivity index (χ2n) is 2.96. The Labute approximate surface area is 85.1 Å². The lowest BCUT2D eigenvalue weighted by atomic mass is 10.2. The van der Waals surface area contributed by atoms with Crippen LogP contribution < -0.4 is 4.90 Å². The van der Waals surface area contributed by atoms with E-state index >= 15 is 0 Å². The first-order chi connectivity index (χ1) is 6.29. The summed E-state index contributed by atoms with van der Waals surface area (Å²) in [6.45, 7) is 1.77. The molecule has 2 rings (SSSR count). The van der Waals surface area contributed by atoms with Gasteiger partial charge in [0.25, 0.3) is 0 Å². The smallest absolute Gasteiger partial charge is 0.225 e. The number of halogens is 1. The van der Waals surface area contributed by atoms with Gasteiger partial charge in [-0.15, -0.1) is 0 Å². The SMILES string of the molecule is COC1CN(c2ncc(Br)cn2)C1. The maximum Gasteiger partial charge on any atom is 0.225 e. The molecular weight excluding hydrogens is 234 g/mol. The first-order valence-corrected chi connectivity index (χ1v) is 4.84. The van der Waals surface area contributed by atoms with Crippen molar-refractivity contribution in [3.05, 3.63) is 16.9 Å². The van der Waals surface area contributed by atoms with Crippen LogP contribution in [0.3, 0.4) is 0 Å². The molecular formula is C8H10BrN3O. The minimum atomic E-state index is 0.340. The van der Waals surface area contributed by atoms with Crippen LogP contribution in [0.4, 0.5) is 5.95 Å². The number of anilines is 1. The highest BCUT2D eigenvalue weighted by atomic mass is 79.9. The number of rotatable bonds is 2. The Balaban J connectivity index is 1.99. The van der Waals surface area contributed by atoms with Gasteiger partial charge in [0.1, 0.15) is 0 Å². The first kappa shape index (κ1) is 8.90. The lowest BCUT2D eigenvalue weighted by Gasteiger charge is -2.37. The number of ether oxygens (including phenoxy) is 1. The minimum Gasteiger partial charge on any atom is -0.378 e. The van der Waals surface area contributed by atoms with Gasteiger partial charge in [0.2, 0.25) is 5.95 Å². The van der Waals surface area contributed by atoms with Crippen LogP contribution in [0.1, 0.15) is 0 Å². The van der Waals surface area contributed by atoms with Gasteiger partial charge in [0.15, 0.2) is 0 Å². The predicted molar refractivity (Wildman–Crippen MR) is 52.7 cm³/mol. The summed E-state index contributed by atoms with van der Waals surface area (Å²) < 4.78 is 6.06. The molecule has 0 N–H and O–H groups in total. The van der Waals surface area contributed by atoms with Crippen molar-refractivity contribution in [3.63, 3.8) is 0 Å². The quantitative estimate of drug-likeness (QED) is 0.780. The fourth-order valence-corrected chi connectivity index (χ4v) is 1.42. The summed E-state index contributed by atoms with van der Waals surface area (Å²) in [7, 11) is 1.73. The van der Waals surface area contributed by atoms with E-state index in [4.69, 9.17) is 4.74 Å². The van der Waals surface area contributed by atoms with Gasteiger partial charge in [0.05, 0.1) is 10.6 Å². The molecule has 0 saturated carbocycles. The molecule has 0 radical (unpaired) electrons.